The van der Waals surface area contributed by atoms with Gasteiger partial charge in [0.15, 0.2) is 0 Å². The van der Waals surface area contributed by atoms with Crippen LogP contribution >= 0.6 is 0 Å². The molecule has 1 aliphatic carbocycles. The van der Waals surface area contributed by atoms with Gasteiger partial charge in [-0.15, -0.1) is 0 Å². The number of benzene rings is 1. The van der Waals surface area contributed by atoms with Crippen molar-refractivity contribution in [3.05, 3.63) is 23.8 Å². The lowest BCUT2D eigenvalue weighted by atomic mass is 9.99. The minimum absolute atomic E-state index is 0.306. The second-order valence-electron chi connectivity index (χ2n) is 4.32. The molecule has 1 heterocycles. The maximum absolute atomic E-state index is 9.35. The molecule has 2 aliphatic rings. The van der Waals surface area contributed by atoms with E-state index in [1.807, 2.05) is 6.07 Å². The van der Waals surface area contributed by atoms with Gasteiger partial charge in [-0.25, -0.2) is 0 Å². The highest BCUT2D eigenvalue weighted by Crippen LogP contribution is 2.41. The molecule has 1 saturated carbocycles. The molecule has 14 heavy (non-hydrogen) atoms. The van der Waals surface area contributed by atoms with Gasteiger partial charge in [-0.1, -0.05) is 6.07 Å². The lowest BCUT2D eigenvalue weighted by Gasteiger charge is -2.26. The van der Waals surface area contributed by atoms with E-state index >= 15 is 0 Å². The second-order valence-corrected chi connectivity index (χ2v) is 4.32. The molecule has 3 rings (SSSR count). The van der Waals surface area contributed by atoms with E-state index in [-0.39, 0.29) is 0 Å². The van der Waals surface area contributed by atoms with Crippen molar-refractivity contribution in [3.8, 4) is 11.5 Å². The summed E-state index contributed by atoms with van der Waals surface area (Å²) in [6, 6.07) is 5.44. The van der Waals surface area contributed by atoms with E-state index in [0.717, 1.165) is 24.5 Å². The molecule has 74 valence electrons. The number of phenols is 1. The summed E-state index contributed by atoms with van der Waals surface area (Å²) in [6.07, 6.45) is 5.28. The van der Waals surface area contributed by atoms with Crippen LogP contribution in [0, 0.1) is 5.92 Å². The normalized spacial score (nSPS) is 25.3. The summed E-state index contributed by atoms with van der Waals surface area (Å²) >= 11 is 0. The molecule has 1 atom stereocenters. The van der Waals surface area contributed by atoms with E-state index in [0.29, 0.717) is 11.9 Å². The average Bonchev–Trinajstić information content (AvgIpc) is 3.00. The van der Waals surface area contributed by atoms with Crippen LogP contribution < -0.4 is 4.74 Å². The number of aryl methyl sites for hydroxylation is 1. The van der Waals surface area contributed by atoms with Crippen LogP contribution in [-0.4, -0.2) is 11.2 Å². The molecule has 0 bridgehead atoms. The van der Waals surface area contributed by atoms with Crippen molar-refractivity contribution in [2.75, 3.05) is 0 Å². The fourth-order valence-electron chi connectivity index (χ4n) is 2.18. The summed E-state index contributed by atoms with van der Waals surface area (Å²) in [7, 11) is 0. The third-order valence-electron chi connectivity index (χ3n) is 3.18. The van der Waals surface area contributed by atoms with Gasteiger partial charge in [0.25, 0.3) is 0 Å². The quantitative estimate of drug-likeness (QED) is 0.737. The van der Waals surface area contributed by atoms with Crippen molar-refractivity contribution in [1.29, 1.82) is 0 Å². The van der Waals surface area contributed by atoms with E-state index in [1.54, 1.807) is 12.1 Å². The van der Waals surface area contributed by atoms with Gasteiger partial charge in [-0.05, 0) is 43.2 Å². The lowest BCUT2D eigenvalue weighted by molar-refractivity contribution is 0.151. The molecule has 2 nitrogen and oxygen atoms in total. The van der Waals surface area contributed by atoms with Gasteiger partial charge in [-0.3, -0.25) is 0 Å². The molecule has 0 spiro atoms. The molecule has 0 aromatic heterocycles. The molecule has 1 aromatic carbocycles. The third-order valence-corrected chi connectivity index (χ3v) is 3.18. The van der Waals surface area contributed by atoms with Crippen molar-refractivity contribution in [2.45, 2.75) is 31.8 Å². The van der Waals surface area contributed by atoms with Crippen molar-refractivity contribution in [3.63, 3.8) is 0 Å². The summed E-state index contributed by atoms with van der Waals surface area (Å²) in [5, 5.41) is 9.35. The van der Waals surface area contributed by atoms with Crippen LogP contribution in [0.15, 0.2) is 18.2 Å². The molecule has 1 N–H and O–H groups in total. The number of phenolic OH excluding ortho intramolecular Hbond substituents is 1. The smallest absolute Gasteiger partial charge is 0.126 e. The number of fused-ring (bicyclic) bond motifs is 1. The minimum atomic E-state index is 0.306. The zero-order chi connectivity index (χ0) is 9.54. The first-order valence-electron chi connectivity index (χ1n) is 5.31. The van der Waals surface area contributed by atoms with Gasteiger partial charge >= 0.3 is 0 Å². The molecular formula is C12H14O2. The Hall–Kier alpha value is -1.18. The summed E-state index contributed by atoms with van der Waals surface area (Å²) in [5.74, 6) is 1.99. The first kappa shape index (κ1) is 8.16. The summed E-state index contributed by atoms with van der Waals surface area (Å²) in [4.78, 5) is 0. The maximum Gasteiger partial charge on any atom is 0.126 e. The van der Waals surface area contributed by atoms with E-state index in [4.69, 9.17) is 4.74 Å². The molecule has 1 fully saturated rings. The van der Waals surface area contributed by atoms with Crippen LogP contribution in [0.3, 0.4) is 0 Å². The lowest BCUT2D eigenvalue weighted by Crippen LogP contribution is -2.24. The molecule has 2 heteroatoms. The molecule has 0 radical (unpaired) electrons. The Kier molecular flexibility index (Phi) is 1.69. The third kappa shape index (κ3) is 1.35. The van der Waals surface area contributed by atoms with Crippen LogP contribution in [0.4, 0.5) is 0 Å². The Morgan fingerprint density at radius 2 is 2.07 bits per heavy atom. The maximum atomic E-state index is 9.35. The largest absolute Gasteiger partial charge is 0.508 e. The fourth-order valence-corrected chi connectivity index (χ4v) is 2.18. The molecular weight excluding hydrogens is 176 g/mol. The van der Waals surface area contributed by atoms with Gasteiger partial charge in [0, 0.05) is 6.07 Å². The highest BCUT2D eigenvalue weighted by molar-refractivity contribution is 5.41. The highest BCUT2D eigenvalue weighted by Gasteiger charge is 2.35. The van der Waals surface area contributed by atoms with Crippen LogP contribution in [0.5, 0.6) is 11.5 Å². The van der Waals surface area contributed by atoms with E-state index < -0.39 is 0 Å². The molecule has 0 saturated heterocycles. The van der Waals surface area contributed by atoms with E-state index in [9.17, 15) is 5.11 Å². The Morgan fingerprint density at radius 3 is 2.86 bits per heavy atom. The standard InChI is InChI=1S/C12H14O2/c13-10-5-3-9-4-6-11(8-1-2-8)14-12(9)7-10/h3,5,7-8,11,13H,1-2,4,6H2. The Labute approximate surface area is 83.5 Å². The van der Waals surface area contributed by atoms with E-state index in [2.05, 4.69) is 0 Å². The number of rotatable bonds is 1. The van der Waals surface area contributed by atoms with Gasteiger partial charge in [0.1, 0.15) is 17.6 Å². The summed E-state index contributed by atoms with van der Waals surface area (Å²) in [5.41, 5.74) is 1.24. The Balaban J connectivity index is 1.88. The van der Waals surface area contributed by atoms with Crippen LogP contribution in [-0.2, 0) is 6.42 Å². The first-order chi connectivity index (χ1) is 6.83. The predicted octanol–water partition coefficient (Wildman–Crippen LogP) is 2.50. The van der Waals surface area contributed by atoms with Gasteiger partial charge in [-0.2, -0.15) is 0 Å². The van der Waals surface area contributed by atoms with Crippen LogP contribution in [0.25, 0.3) is 0 Å². The summed E-state index contributed by atoms with van der Waals surface area (Å²) in [6.45, 7) is 0. The highest BCUT2D eigenvalue weighted by atomic mass is 16.5. The van der Waals surface area contributed by atoms with Gasteiger partial charge < -0.3 is 9.84 Å². The number of hydrogen-bond donors (Lipinski definition) is 1. The zero-order valence-electron chi connectivity index (χ0n) is 8.07. The number of aromatic hydroxyl groups is 1. The topological polar surface area (TPSA) is 29.5 Å². The monoisotopic (exact) mass is 190 g/mol. The van der Waals surface area contributed by atoms with E-state index in [1.165, 1.54) is 18.4 Å². The van der Waals surface area contributed by atoms with Crippen molar-refractivity contribution in [2.24, 2.45) is 5.92 Å². The average molecular weight is 190 g/mol. The fraction of sp³-hybridized carbons (Fsp3) is 0.500. The summed E-state index contributed by atoms with van der Waals surface area (Å²) < 4.78 is 5.88. The van der Waals surface area contributed by atoms with Crippen molar-refractivity contribution in [1.82, 2.24) is 0 Å². The molecule has 1 aromatic rings. The zero-order valence-corrected chi connectivity index (χ0v) is 8.07. The Bertz CT molecular complexity index is 355. The minimum Gasteiger partial charge on any atom is -0.508 e. The molecule has 1 unspecified atom stereocenters. The van der Waals surface area contributed by atoms with Gasteiger partial charge in [0.2, 0.25) is 0 Å². The first-order valence-corrected chi connectivity index (χ1v) is 5.31. The van der Waals surface area contributed by atoms with Gasteiger partial charge in [0.05, 0.1) is 0 Å². The van der Waals surface area contributed by atoms with Crippen molar-refractivity contribution < 1.29 is 9.84 Å². The molecule has 1 aliphatic heterocycles. The predicted molar refractivity (Wildman–Crippen MR) is 53.6 cm³/mol. The second kappa shape index (κ2) is 2.91. The molecule has 0 amide bonds. The van der Waals surface area contributed by atoms with Crippen molar-refractivity contribution >= 4 is 0 Å². The van der Waals surface area contributed by atoms with Crippen LogP contribution in [0.1, 0.15) is 24.8 Å². The number of ether oxygens (including phenoxy) is 1. The number of hydrogen-bond acceptors (Lipinski definition) is 2. The SMILES string of the molecule is Oc1ccc2c(c1)OC(C1CC1)CC2. The van der Waals surface area contributed by atoms with Crippen LogP contribution in [0.2, 0.25) is 0 Å². The Morgan fingerprint density at radius 1 is 1.21 bits per heavy atom.